The summed E-state index contributed by atoms with van der Waals surface area (Å²) < 4.78 is 6.13. The number of hydrogen-bond donors (Lipinski definition) is 1. The first-order valence-electron chi connectivity index (χ1n) is 7.37. The molecule has 1 aromatic carbocycles. The summed E-state index contributed by atoms with van der Waals surface area (Å²) in [5, 5.41) is 0. The van der Waals surface area contributed by atoms with Gasteiger partial charge in [-0.25, -0.2) is 0 Å². The standard InChI is InChI=1S/C16H23BrN2O2/c1-11-7-13(9-18)10-19(11)16(20)6-4-12-3-5-15(21-2)14(17)8-12/h3,5,8,11,13H,4,6-7,9-10,18H2,1-2H3. The van der Waals surface area contributed by atoms with E-state index in [1.807, 2.05) is 23.1 Å². The topological polar surface area (TPSA) is 55.6 Å². The molecule has 0 spiro atoms. The molecule has 1 aromatic rings. The maximum absolute atomic E-state index is 12.3. The smallest absolute Gasteiger partial charge is 0.223 e. The summed E-state index contributed by atoms with van der Waals surface area (Å²) in [6.45, 7) is 3.58. The van der Waals surface area contributed by atoms with Crippen molar-refractivity contribution in [1.29, 1.82) is 0 Å². The van der Waals surface area contributed by atoms with Gasteiger partial charge in [-0.2, -0.15) is 0 Å². The average molecular weight is 355 g/mol. The maximum atomic E-state index is 12.3. The van der Waals surface area contributed by atoms with E-state index in [9.17, 15) is 4.79 Å². The molecule has 0 saturated carbocycles. The van der Waals surface area contributed by atoms with Gasteiger partial charge in [0.2, 0.25) is 5.91 Å². The minimum Gasteiger partial charge on any atom is -0.496 e. The van der Waals surface area contributed by atoms with Gasteiger partial charge in [-0.3, -0.25) is 4.79 Å². The number of carbonyl (C=O) groups is 1. The van der Waals surface area contributed by atoms with Gasteiger partial charge in [-0.1, -0.05) is 6.07 Å². The van der Waals surface area contributed by atoms with E-state index >= 15 is 0 Å². The molecular formula is C16H23BrN2O2. The second-order valence-electron chi connectivity index (χ2n) is 5.70. The summed E-state index contributed by atoms with van der Waals surface area (Å²) in [6.07, 6.45) is 2.31. The predicted molar refractivity (Wildman–Crippen MR) is 87.4 cm³/mol. The molecule has 5 heteroatoms. The Labute approximate surface area is 134 Å². The Balaban J connectivity index is 1.91. The van der Waals surface area contributed by atoms with Crippen LogP contribution in [-0.4, -0.2) is 37.0 Å². The molecule has 21 heavy (non-hydrogen) atoms. The molecule has 0 bridgehead atoms. The number of rotatable bonds is 5. The zero-order valence-electron chi connectivity index (χ0n) is 12.6. The summed E-state index contributed by atoms with van der Waals surface area (Å²) >= 11 is 3.47. The Morgan fingerprint density at radius 2 is 2.29 bits per heavy atom. The van der Waals surface area contributed by atoms with Crippen molar-refractivity contribution >= 4 is 21.8 Å². The number of aryl methyl sites for hydroxylation is 1. The molecule has 1 fully saturated rings. The quantitative estimate of drug-likeness (QED) is 0.883. The molecule has 2 N–H and O–H groups in total. The van der Waals surface area contributed by atoms with Gasteiger partial charge in [-0.05, 0) is 65.9 Å². The Morgan fingerprint density at radius 3 is 2.86 bits per heavy atom. The number of carbonyl (C=O) groups excluding carboxylic acids is 1. The molecular weight excluding hydrogens is 332 g/mol. The summed E-state index contributed by atoms with van der Waals surface area (Å²) in [4.78, 5) is 14.3. The van der Waals surface area contributed by atoms with E-state index in [0.717, 1.165) is 35.2 Å². The number of ether oxygens (including phenoxy) is 1. The number of methoxy groups -OCH3 is 1. The minimum absolute atomic E-state index is 0.227. The van der Waals surface area contributed by atoms with E-state index in [-0.39, 0.29) is 5.91 Å². The van der Waals surface area contributed by atoms with E-state index in [0.29, 0.717) is 24.9 Å². The van der Waals surface area contributed by atoms with Gasteiger partial charge in [0, 0.05) is 19.0 Å². The molecule has 2 rings (SSSR count). The highest BCUT2D eigenvalue weighted by atomic mass is 79.9. The number of nitrogens with zero attached hydrogens (tertiary/aromatic N) is 1. The highest BCUT2D eigenvalue weighted by Crippen LogP contribution is 2.27. The minimum atomic E-state index is 0.227. The van der Waals surface area contributed by atoms with Crippen LogP contribution in [0.3, 0.4) is 0 Å². The summed E-state index contributed by atoms with van der Waals surface area (Å²) in [5.74, 6) is 1.49. The second-order valence-corrected chi connectivity index (χ2v) is 6.56. The second kappa shape index (κ2) is 7.27. The molecule has 1 aliphatic rings. The molecule has 1 aliphatic heterocycles. The van der Waals surface area contributed by atoms with Crippen LogP contribution < -0.4 is 10.5 Å². The lowest BCUT2D eigenvalue weighted by Gasteiger charge is -2.21. The predicted octanol–water partition coefficient (Wildman–Crippen LogP) is 2.59. The molecule has 1 amide bonds. The summed E-state index contributed by atoms with van der Waals surface area (Å²) in [6, 6.07) is 6.26. The highest BCUT2D eigenvalue weighted by Gasteiger charge is 2.31. The van der Waals surface area contributed by atoms with Crippen LogP contribution in [-0.2, 0) is 11.2 Å². The fraction of sp³-hybridized carbons (Fsp3) is 0.562. The fourth-order valence-electron chi connectivity index (χ4n) is 2.92. The summed E-state index contributed by atoms with van der Waals surface area (Å²) in [5.41, 5.74) is 6.85. The fourth-order valence-corrected chi connectivity index (χ4v) is 3.51. The van der Waals surface area contributed by atoms with Gasteiger partial charge in [0.15, 0.2) is 0 Å². The molecule has 0 aromatic heterocycles. The van der Waals surface area contributed by atoms with E-state index in [2.05, 4.69) is 22.9 Å². The highest BCUT2D eigenvalue weighted by molar-refractivity contribution is 9.10. The molecule has 1 saturated heterocycles. The lowest BCUT2D eigenvalue weighted by molar-refractivity contribution is -0.131. The van der Waals surface area contributed by atoms with Gasteiger partial charge < -0.3 is 15.4 Å². The zero-order chi connectivity index (χ0) is 15.4. The van der Waals surface area contributed by atoms with Gasteiger partial charge in [-0.15, -0.1) is 0 Å². The monoisotopic (exact) mass is 354 g/mol. The Hall–Kier alpha value is -1.07. The average Bonchev–Trinajstić information content (AvgIpc) is 2.86. The molecule has 0 radical (unpaired) electrons. The van der Waals surface area contributed by atoms with Crippen molar-refractivity contribution in [2.75, 3.05) is 20.2 Å². The van der Waals surface area contributed by atoms with Gasteiger partial charge >= 0.3 is 0 Å². The first-order chi connectivity index (χ1) is 10.0. The van der Waals surface area contributed by atoms with Crippen LogP contribution in [0.2, 0.25) is 0 Å². The number of halogens is 1. The lowest BCUT2D eigenvalue weighted by Crippen LogP contribution is -2.34. The third-order valence-corrected chi connectivity index (χ3v) is 4.78. The van der Waals surface area contributed by atoms with Crippen molar-refractivity contribution < 1.29 is 9.53 Å². The largest absolute Gasteiger partial charge is 0.496 e. The molecule has 4 nitrogen and oxygen atoms in total. The number of nitrogens with two attached hydrogens (primary N) is 1. The number of likely N-dealkylation sites (tertiary alicyclic amines) is 1. The van der Waals surface area contributed by atoms with Crippen LogP contribution in [0.5, 0.6) is 5.75 Å². The first-order valence-corrected chi connectivity index (χ1v) is 8.16. The van der Waals surface area contributed by atoms with Gasteiger partial charge in [0.05, 0.1) is 11.6 Å². The Morgan fingerprint density at radius 1 is 1.52 bits per heavy atom. The molecule has 1 heterocycles. The van der Waals surface area contributed by atoms with E-state index in [1.54, 1.807) is 7.11 Å². The van der Waals surface area contributed by atoms with E-state index in [1.165, 1.54) is 0 Å². The molecule has 0 aliphatic carbocycles. The van der Waals surface area contributed by atoms with Crippen molar-refractivity contribution in [3.8, 4) is 5.75 Å². The lowest BCUT2D eigenvalue weighted by atomic mass is 10.1. The maximum Gasteiger partial charge on any atom is 0.223 e. The molecule has 116 valence electrons. The van der Waals surface area contributed by atoms with Crippen LogP contribution in [0.15, 0.2) is 22.7 Å². The van der Waals surface area contributed by atoms with Crippen LogP contribution in [0.4, 0.5) is 0 Å². The molecule has 2 atom stereocenters. The van der Waals surface area contributed by atoms with Crippen LogP contribution in [0, 0.1) is 5.92 Å². The number of hydrogen-bond acceptors (Lipinski definition) is 3. The van der Waals surface area contributed by atoms with E-state index < -0.39 is 0 Å². The zero-order valence-corrected chi connectivity index (χ0v) is 14.2. The Kier molecular flexibility index (Phi) is 5.65. The van der Waals surface area contributed by atoms with Crippen molar-refractivity contribution in [1.82, 2.24) is 4.90 Å². The first kappa shape index (κ1) is 16.3. The van der Waals surface area contributed by atoms with Gasteiger partial charge in [0.1, 0.15) is 5.75 Å². The summed E-state index contributed by atoms with van der Waals surface area (Å²) in [7, 11) is 1.64. The number of amides is 1. The van der Waals surface area contributed by atoms with Crippen molar-refractivity contribution in [2.24, 2.45) is 11.7 Å². The molecule has 2 unspecified atom stereocenters. The van der Waals surface area contributed by atoms with Crippen molar-refractivity contribution in [2.45, 2.75) is 32.2 Å². The van der Waals surface area contributed by atoms with Crippen LogP contribution >= 0.6 is 15.9 Å². The van der Waals surface area contributed by atoms with Crippen LogP contribution in [0.25, 0.3) is 0 Å². The van der Waals surface area contributed by atoms with Crippen molar-refractivity contribution in [3.05, 3.63) is 28.2 Å². The SMILES string of the molecule is COc1ccc(CCC(=O)N2CC(CN)CC2C)cc1Br. The third-order valence-electron chi connectivity index (χ3n) is 4.16. The van der Waals surface area contributed by atoms with Crippen molar-refractivity contribution in [3.63, 3.8) is 0 Å². The normalized spacial score (nSPS) is 21.6. The van der Waals surface area contributed by atoms with Gasteiger partial charge in [0.25, 0.3) is 0 Å². The Bertz CT molecular complexity index is 507. The van der Waals surface area contributed by atoms with Crippen LogP contribution in [0.1, 0.15) is 25.3 Å². The third kappa shape index (κ3) is 3.98. The number of benzene rings is 1. The van der Waals surface area contributed by atoms with E-state index in [4.69, 9.17) is 10.5 Å².